The van der Waals surface area contributed by atoms with Crippen LogP contribution in [0.5, 0.6) is 0 Å². The van der Waals surface area contributed by atoms with Crippen LogP contribution in [0.4, 0.5) is 4.39 Å². The number of aliphatic hydroxyl groups excluding tert-OH is 1. The van der Waals surface area contributed by atoms with Crippen LogP contribution in [-0.4, -0.2) is 10.1 Å². The normalized spacial score (nSPS) is 12.6. The average Bonchev–Trinajstić information content (AvgIpc) is 2.48. The molecule has 0 saturated carbocycles. The Morgan fingerprint density at radius 3 is 2.57 bits per heavy atom. The van der Waals surface area contributed by atoms with Crippen LogP contribution in [0, 0.1) is 19.7 Å². The van der Waals surface area contributed by atoms with Crippen molar-refractivity contribution in [2.24, 2.45) is 0 Å². The van der Waals surface area contributed by atoms with Crippen molar-refractivity contribution in [1.29, 1.82) is 0 Å². The van der Waals surface area contributed by atoms with Gasteiger partial charge in [0, 0.05) is 11.1 Å². The lowest BCUT2D eigenvalue weighted by Gasteiger charge is -2.15. The highest BCUT2D eigenvalue weighted by Crippen LogP contribution is 2.29. The highest BCUT2D eigenvalue weighted by molar-refractivity contribution is 5.83. The van der Waals surface area contributed by atoms with E-state index >= 15 is 0 Å². The molecule has 3 rings (SSSR count). The second kappa shape index (κ2) is 5.26. The second-order valence-electron chi connectivity index (χ2n) is 5.28. The fourth-order valence-corrected chi connectivity index (χ4v) is 2.58. The Hall–Kier alpha value is -2.26. The summed E-state index contributed by atoms with van der Waals surface area (Å²) in [6.45, 7) is 3.60. The van der Waals surface area contributed by atoms with Gasteiger partial charge < -0.3 is 5.11 Å². The topological polar surface area (TPSA) is 33.1 Å². The Kier molecular flexibility index (Phi) is 3.43. The van der Waals surface area contributed by atoms with E-state index in [0.717, 1.165) is 22.2 Å². The summed E-state index contributed by atoms with van der Waals surface area (Å²) in [5.74, 6) is -0.262. The largest absolute Gasteiger partial charge is 0.384 e. The quantitative estimate of drug-likeness (QED) is 0.768. The van der Waals surface area contributed by atoms with E-state index in [1.165, 1.54) is 6.07 Å². The maximum absolute atomic E-state index is 13.4. The fraction of sp³-hybridized carbons (Fsp3) is 0.167. The van der Waals surface area contributed by atoms with Crippen LogP contribution in [0.3, 0.4) is 0 Å². The number of aliphatic hydroxyl groups is 1. The number of benzene rings is 2. The number of hydrogen-bond acceptors (Lipinski definition) is 2. The SMILES string of the molecule is Cc1cc(C(O)c2ccc(F)c(C)c2)c2ccccc2n1. The number of pyridine rings is 1. The molecular formula is C18H16FNO. The summed E-state index contributed by atoms with van der Waals surface area (Å²) in [5, 5.41) is 11.6. The third kappa shape index (κ3) is 2.52. The minimum Gasteiger partial charge on any atom is -0.384 e. The Bertz CT molecular complexity index is 813. The van der Waals surface area contributed by atoms with Crippen molar-refractivity contribution in [3.05, 3.63) is 76.7 Å². The molecule has 2 aromatic carbocycles. The molecule has 1 unspecified atom stereocenters. The monoisotopic (exact) mass is 281 g/mol. The molecule has 106 valence electrons. The standard InChI is InChI=1S/C18H16FNO/c1-11-9-13(7-8-16(11)19)18(21)15-10-12(2)20-17-6-4-3-5-14(15)17/h3-10,18,21H,1-2H3. The van der Waals surface area contributed by atoms with E-state index in [4.69, 9.17) is 0 Å². The van der Waals surface area contributed by atoms with Crippen LogP contribution < -0.4 is 0 Å². The molecule has 0 fully saturated rings. The highest BCUT2D eigenvalue weighted by Gasteiger charge is 2.15. The van der Waals surface area contributed by atoms with E-state index in [1.807, 2.05) is 37.3 Å². The van der Waals surface area contributed by atoms with E-state index in [2.05, 4.69) is 4.98 Å². The van der Waals surface area contributed by atoms with Crippen LogP contribution in [0.25, 0.3) is 10.9 Å². The van der Waals surface area contributed by atoms with Gasteiger partial charge in [-0.15, -0.1) is 0 Å². The first-order valence-corrected chi connectivity index (χ1v) is 6.86. The molecule has 0 radical (unpaired) electrons. The lowest BCUT2D eigenvalue weighted by Crippen LogP contribution is -2.03. The van der Waals surface area contributed by atoms with E-state index in [0.29, 0.717) is 11.1 Å². The Morgan fingerprint density at radius 1 is 1.05 bits per heavy atom. The summed E-state index contributed by atoms with van der Waals surface area (Å²) in [6, 6.07) is 14.3. The van der Waals surface area contributed by atoms with Gasteiger partial charge in [-0.3, -0.25) is 4.98 Å². The van der Waals surface area contributed by atoms with Crippen molar-refractivity contribution in [3.63, 3.8) is 0 Å². The first-order valence-electron chi connectivity index (χ1n) is 6.86. The summed E-state index contributed by atoms with van der Waals surface area (Å²) >= 11 is 0. The van der Waals surface area contributed by atoms with E-state index in [1.54, 1.807) is 19.1 Å². The molecule has 2 nitrogen and oxygen atoms in total. The molecule has 0 spiro atoms. The van der Waals surface area contributed by atoms with Gasteiger partial charge in [-0.1, -0.05) is 30.3 Å². The van der Waals surface area contributed by atoms with Crippen LogP contribution in [0.1, 0.15) is 28.5 Å². The van der Waals surface area contributed by atoms with Crippen molar-refractivity contribution in [2.45, 2.75) is 20.0 Å². The maximum Gasteiger partial charge on any atom is 0.126 e. The van der Waals surface area contributed by atoms with Crippen molar-refractivity contribution in [3.8, 4) is 0 Å². The minimum absolute atomic E-state index is 0.262. The maximum atomic E-state index is 13.4. The third-order valence-corrected chi connectivity index (χ3v) is 3.67. The lowest BCUT2D eigenvalue weighted by molar-refractivity contribution is 0.221. The fourth-order valence-electron chi connectivity index (χ4n) is 2.58. The van der Waals surface area contributed by atoms with Crippen molar-refractivity contribution in [1.82, 2.24) is 4.98 Å². The molecule has 0 saturated heterocycles. The summed E-state index contributed by atoms with van der Waals surface area (Å²) in [4.78, 5) is 4.47. The molecule has 3 aromatic rings. The smallest absolute Gasteiger partial charge is 0.126 e. The highest BCUT2D eigenvalue weighted by atomic mass is 19.1. The van der Waals surface area contributed by atoms with E-state index in [-0.39, 0.29) is 5.82 Å². The molecule has 3 heteroatoms. The van der Waals surface area contributed by atoms with E-state index < -0.39 is 6.10 Å². The molecule has 0 aliphatic rings. The molecule has 1 aromatic heterocycles. The Morgan fingerprint density at radius 2 is 1.81 bits per heavy atom. The molecule has 1 heterocycles. The Balaban J connectivity index is 2.16. The predicted molar refractivity (Wildman–Crippen MR) is 81.7 cm³/mol. The zero-order chi connectivity index (χ0) is 15.0. The first kappa shape index (κ1) is 13.7. The summed E-state index contributed by atoms with van der Waals surface area (Å²) in [6.07, 6.45) is -0.795. The molecule has 0 aliphatic heterocycles. The molecule has 21 heavy (non-hydrogen) atoms. The van der Waals surface area contributed by atoms with Gasteiger partial charge in [-0.2, -0.15) is 0 Å². The zero-order valence-electron chi connectivity index (χ0n) is 12.0. The molecule has 0 aliphatic carbocycles. The van der Waals surface area contributed by atoms with Gasteiger partial charge in [0.25, 0.3) is 0 Å². The number of hydrogen-bond donors (Lipinski definition) is 1. The van der Waals surface area contributed by atoms with Crippen LogP contribution in [-0.2, 0) is 0 Å². The molecule has 0 amide bonds. The molecule has 1 N–H and O–H groups in total. The van der Waals surface area contributed by atoms with Crippen molar-refractivity contribution < 1.29 is 9.50 Å². The summed E-state index contributed by atoms with van der Waals surface area (Å²) in [5.41, 5.74) is 3.71. The Labute approximate surface area is 122 Å². The zero-order valence-corrected chi connectivity index (χ0v) is 12.0. The van der Waals surface area contributed by atoms with Crippen LogP contribution in [0.15, 0.2) is 48.5 Å². The van der Waals surface area contributed by atoms with Gasteiger partial charge in [0.15, 0.2) is 0 Å². The molecule has 1 atom stereocenters. The number of halogens is 1. The molecule has 0 bridgehead atoms. The number of aryl methyl sites for hydroxylation is 2. The van der Waals surface area contributed by atoms with Gasteiger partial charge in [-0.05, 0) is 48.7 Å². The van der Waals surface area contributed by atoms with Crippen LogP contribution >= 0.6 is 0 Å². The van der Waals surface area contributed by atoms with Crippen molar-refractivity contribution in [2.75, 3.05) is 0 Å². The van der Waals surface area contributed by atoms with Crippen LogP contribution in [0.2, 0.25) is 0 Å². The van der Waals surface area contributed by atoms with Gasteiger partial charge in [-0.25, -0.2) is 4.39 Å². The average molecular weight is 281 g/mol. The number of aromatic nitrogens is 1. The third-order valence-electron chi connectivity index (χ3n) is 3.67. The summed E-state index contributed by atoms with van der Waals surface area (Å²) < 4.78 is 13.4. The number of para-hydroxylation sites is 1. The van der Waals surface area contributed by atoms with Gasteiger partial charge in [0.05, 0.1) is 5.52 Å². The predicted octanol–water partition coefficient (Wildman–Crippen LogP) is 4.07. The van der Waals surface area contributed by atoms with Gasteiger partial charge in [0.2, 0.25) is 0 Å². The summed E-state index contributed by atoms with van der Waals surface area (Å²) in [7, 11) is 0. The van der Waals surface area contributed by atoms with Gasteiger partial charge in [0.1, 0.15) is 11.9 Å². The minimum atomic E-state index is -0.795. The number of rotatable bonds is 2. The lowest BCUT2D eigenvalue weighted by atomic mass is 9.96. The molecular weight excluding hydrogens is 265 g/mol. The first-order chi connectivity index (χ1) is 10.1. The van der Waals surface area contributed by atoms with Gasteiger partial charge >= 0.3 is 0 Å². The van der Waals surface area contributed by atoms with E-state index in [9.17, 15) is 9.50 Å². The number of fused-ring (bicyclic) bond motifs is 1. The van der Waals surface area contributed by atoms with Crippen molar-refractivity contribution >= 4 is 10.9 Å². The number of nitrogens with zero attached hydrogens (tertiary/aromatic N) is 1. The second-order valence-corrected chi connectivity index (χ2v) is 5.28.